The first-order chi connectivity index (χ1) is 13.7. The molecule has 3 aromatic rings. The number of carbonyl (C=O) groups excluding carboxylic acids is 2. The molecule has 0 aromatic heterocycles. The van der Waals surface area contributed by atoms with Crippen molar-refractivity contribution in [1.82, 2.24) is 0 Å². The van der Waals surface area contributed by atoms with Crippen LogP contribution in [0.25, 0.3) is 0 Å². The second-order valence-electron chi connectivity index (χ2n) is 7.08. The lowest BCUT2D eigenvalue weighted by molar-refractivity contribution is -0.157. The molecule has 0 N–H and O–H groups in total. The summed E-state index contributed by atoms with van der Waals surface area (Å²) in [6, 6.07) is 28.1. The largest absolute Gasteiger partial charge is 0.442 e. The first-order valence-corrected chi connectivity index (χ1v) is 9.20. The third-order valence-corrected chi connectivity index (χ3v) is 5.57. The molecule has 1 saturated heterocycles. The Morgan fingerprint density at radius 1 is 0.714 bits per heavy atom. The number of carbonyl (C=O) groups is 2. The molecule has 136 valence electrons. The van der Waals surface area contributed by atoms with Gasteiger partial charge in [-0.2, -0.15) is 0 Å². The molecule has 2 heterocycles. The molecule has 0 bridgehead atoms. The zero-order valence-electron chi connectivity index (χ0n) is 15.0. The number of ether oxygens (including phenoxy) is 1. The zero-order valence-corrected chi connectivity index (χ0v) is 15.0. The van der Waals surface area contributed by atoms with E-state index < -0.39 is 17.1 Å². The van der Waals surface area contributed by atoms with E-state index in [2.05, 4.69) is 0 Å². The Morgan fingerprint density at radius 2 is 1.25 bits per heavy atom. The molecule has 0 aliphatic carbocycles. The van der Waals surface area contributed by atoms with Crippen molar-refractivity contribution in [3.05, 3.63) is 108 Å². The SMILES string of the molecule is O=C1CC2(c3ccccc3)N=C(c3ccccc3)C(=O)C2(c2ccccc2)O1. The van der Waals surface area contributed by atoms with E-state index in [1.165, 1.54) is 0 Å². The number of nitrogens with zero attached hydrogens (tertiary/aromatic N) is 1. The van der Waals surface area contributed by atoms with Crippen molar-refractivity contribution in [1.29, 1.82) is 0 Å². The van der Waals surface area contributed by atoms with Crippen LogP contribution < -0.4 is 0 Å². The van der Waals surface area contributed by atoms with Gasteiger partial charge in [0.1, 0.15) is 11.3 Å². The van der Waals surface area contributed by atoms with Crippen molar-refractivity contribution in [3.8, 4) is 0 Å². The van der Waals surface area contributed by atoms with Gasteiger partial charge in [0.05, 0.1) is 6.42 Å². The molecule has 4 nitrogen and oxygen atoms in total. The number of benzene rings is 3. The van der Waals surface area contributed by atoms with Crippen LogP contribution in [0.1, 0.15) is 23.1 Å². The molecule has 0 saturated carbocycles. The molecule has 0 amide bonds. The van der Waals surface area contributed by atoms with Gasteiger partial charge in [0.25, 0.3) is 0 Å². The maximum Gasteiger partial charge on any atom is 0.310 e. The molecule has 2 aliphatic heterocycles. The maximum atomic E-state index is 13.8. The van der Waals surface area contributed by atoms with Gasteiger partial charge in [-0.05, 0) is 5.56 Å². The minimum absolute atomic E-state index is 0.0218. The Kier molecular flexibility index (Phi) is 3.56. The molecule has 2 aliphatic rings. The Hall–Kier alpha value is -3.53. The zero-order chi connectivity index (χ0) is 19.2. The lowest BCUT2D eigenvalue weighted by Gasteiger charge is -2.35. The topological polar surface area (TPSA) is 55.7 Å². The molecule has 28 heavy (non-hydrogen) atoms. The second-order valence-corrected chi connectivity index (χ2v) is 7.08. The van der Waals surface area contributed by atoms with Gasteiger partial charge >= 0.3 is 5.97 Å². The van der Waals surface area contributed by atoms with Crippen LogP contribution in [-0.4, -0.2) is 17.5 Å². The molecule has 2 atom stereocenters. The number of hydrogen-bond donors (Lipinski definition) is 0. The molecule has 5 rings (SSSR count). The van der Waals surface area contributed by atoms with Crippen molar-refractivity contribution in [2.45, 2.75) is 17.6 Å². The van der Waals surface area contributed by atoms with Gasteiger partial charge in [-0.25, -0.2) is 0 Å². The standard InChI is InChI=1S/C24H17NO3/c26-20-16-23(18-12-6-2-7-13-18)24(28-20,19-14-8-3-9-15-19)22(27)21(25-23)17-10-4-1-5-11-17/h1-15H,16H2. The van der Waals surface area contributed by atoms with Crippen LogP contribution in [-0.2, 0) is 25.5 Å². The number of esters is 1. The van der Waals surface area contributed by atoms with Crippen LogP contribution >= 0.6 is 0 Å². The highest BCUT2D eigenvalue weighted by Crippen LogP contribution is 2.58. The first kappa shape index (κ1) is 16.6. The van der Waals surface area contributed by atoms with E-state index in [0.717, 1.165) is 11.1 Å². The molecule has 4 heteroatoms. The molecular weight excluding hydrogens is 350 g/mol. The summed E-state index contributed by atoms with van der Waals surface area (Å²) in [4.78, 5) is 31.3. The Balaban J connectivity index is 1.83. The number of ketones is 1. The molecule has 2 unspecified atom stereocenters. The minimum Gasteiger partial charge on any atom is -0.442 e. The van der Waals surface area contributed by atoms with Gasteiger partial charge < -0.3 is 4.74 Å². The average molecular weight is 367 g/mol. The summed E-state index contributed by atoms with van der Waals surface area (Å²) in [5.41, 5.74) is -0.0925. The lowest BCUT2D eigenvalue weighted by Crippen LogP contribution is -2.48. The molecular formula is C24H17NO3. The van der Waals surface area contributed by atoms with Crippen LogP contribution in [0.4, 0.5) is 0 Å². The number of rotatable bonds is 3. The lowest BCUT2D eigenvalue weighted by atomic mass is 9.70. The average Bonchev–Trinajstić information content (AvgIpc) is 3.19. The van der Waals surface area contributed by atoms with E-state index in [-0.39, 0.29) is 12.2 Å². The van der Waals surface area contributed by atoms with E-state index >= 15 is 0 Å². The summed E-state index contributed by atoms with van der Waals surface area (Å²) in [6.07, 6.45) is 0.0218. The highest BCUT2D eigenvalue weighted by atomic mass is 16.6. The van der Waals surface area contributed by atoms with Crippen molar-refractivity contribution in [2.75, 3.05) is 0 Å². The molecule has 3 aromatic carbocycles. The third kappa shape index (κ3) is 2.09. The van der Waals surface area contributed by atoms with Crippen LogP contribution in [0.5, 0.6) is 0 Å². The first-order valence-electron chi connectivity index (χ1n) is 9.20. The van der Waals surface area contributed by atoms with Crippen molar-refractivity contribution in [3.63, 3.8) is 0 Å². The highest BCUT2D eigenvalue weighted by molar-refractivity contribution is 6.51. The predicted octanol–water partition coefficient (Wildman–Crippen LogP) is 3.80. The fourth-order valence-corrected chi connectivity index (χ4v) is 4.36. The van der Waals surface area contributed by atoms with Crippen molar-refractivity contribution < 1.29 is 14.3 Å². The fourth-order valence-electron chi connectivity index (χ4n) is 4.36. The van der Waals surface area contributed by atoms with Crippen LogP contribution in [0.2, 0.25) is 0 Å². The predicted molar refractivity (Wildman–Crippen MR) is 105 cm³/mol. The smallest absolute Gasteiger partial charge is 0.310 e. The van der Waals surface area contributed by atoms with Crippen molar-refractivity contribution in [2.24, 2.45) is 4.99 Å². The number of Topliss-reactive ketones (excluding diaryl/α,β-unsaturated/α-hetero) is 1. The maximum absolute atomic E-state index is 13.8. The van der Waals surface area contributed by atoms with Crippen molar-refractivity contribution >= 4 is 17.5 Å². The summed E-state index contributed by atoms with van der Waals surface area (Å²) in [5.74, 6) is -0.698. The van der Waals surface area contributed by atoms with Crippen LogP contribution in [0.3, 0.4) is 0 Å². The third-order valence-electron chi connectivity index (χ3n) is 5.57. The van der Waals surface area contributed by atoms with E-state index in [1.54, 1.807) is 0 Å². The summed E-state index contributed by atoms with van der Waals surface area (Å²) >= 11 is 0. The van der Waals surface area contributed by atoms with Crippen LogP contribution in [0.15, 0.2) is 96.0 Å². The highest BCUT2D eigenvalue weighted by Gasteiger charge is 2.71. The van der Waals surface area contributed by atoms with E-state index in [0.29, 0.717) is 11.3 Å². The van der Waals surface area contributed by atoms with Gasteiger partial charge in [-0.15, -0.1) is 0 Å². The summed E-state index contributed by atoms with van der Waals surface area (Å²) in [5, 5.41) is 0. The molecule has 0 spiro atoms. The van der Waals surface area contributed by atoms with Gasteiger partial charge in [-0.3, -0.25) is 14.6 Å². The van der Waals surface area contributed by atoms with E-state index in [4.69, 9.17) is 9.73 Å². The molecule has 0 radical (unpaired) electrons. The number of fused-ring (bicyclic) bond motifs is 1. The van der Waals surface area contributed by atoms with E-state index in [9.17, 15) is 9.59 Å². The van der Waals surface area contributed by atoms with Gasteiger partial charge in [0, 0.05) is 11.1 Å². The monoisotopic (exact) mass is 367 g/mol. The quantitative estimate of drug-likeness (QED) is 0.662. The second kappa shape index (κ2) is 5.99. The Morgan fingerprint density at radius 3 is 1.86 bits per heavy atom. The molecule has 1 fully saturated rings. The van der Waals surface area contributed by atoms with Gasteiger partial charge in [0.15, 0.2) is 0 Å². The number of aliphatic imine (C=N–C) groups is 1. The minimum atomic E-state index is -1.49. The normalized spacial score (nSPS) is 25.9. The van der Waals surface area contributed by atoms with Gasteiger partial charge in [-0.1, -0.05) is 91.0 Å². The fraction of sp³-hybridized carbons (Fsp3) is 0.125. The van der Waals surface area contributed by atoms with Gasteiger partial charge in [0.2, 0.25) is 11.4 Å². The summed E-state index contributed by atoms with van der Waals surface area (Å²) in [7, 11) is 0. The Labute approximate surface area is 162 Å². The summed E-state index contributed by atoms with van der Waals surface area (Å²) < 4.78 is 5.88. The van der Waals surface area contributed by atoms with Crippen LogP contribution in [0, 0.1) is 0 Å². The number of hydrogen-bond acceptors (Lipinski definition) is 4. The van der Waals surface area contributed by atoms with E-state index in [1.807, 2.05) is 91.0 Å². The summed E-state index contributed by atoms with van der Waals surface area (Å²) in [6.45, 7) is 0. The Bertz CT molecular complexity index is 1090.